The maximum atomic E-state index is 11.5. The molecule has 4 nitrogen and oxygen atoms in total. The van der Waals surface area contributed by atoms with E-state index >= 15 is 0 Å². The van der Waals surface area contributed by atoms with E-state index in [1.807, 2.05) is 60.7 Å². The number of nitrogens with one attached hydrogen (secondary N) is 1. The summed E-state index contributed by atoms with van der Waals surface area (Å²) in [6, 6.07) is 23.9. The number of carboxylic acids is 1. The molecule has 0 aromatic heterocycles. The molecule has 3 rings (SSSR count). The van der Waals surface area contributed by atoms with E-state index in [0.717, 1.165) is 29.8 Å². The zero-order valence-corrected chi connectivity index (χ0v) is 15.3. The van der Waals surface area contributed by atoms with Gasteiger partial charge in [0.25, 0.3) is 0 Å². The highest BCUT2D eigenvalue weighted by Crippen LogP contribution is 2.37. The Balaban J connectivity index is 1.89. The van der Waals surface area contributed by atoms with Crippen LogP contribution in [-0.4, -0.2) is 24.7 Å². The van der Waals surface area contributed by atoms with Crippen molar-refractivity contribution in [3.63, 3.8) is 0 Å². The summed E-state index contributed by atoms with van der Waals surface area (Å²) < 4.78 is 5.62. The van der Waals surface area contributed by atoms with Gasteiger partial charge in [0, 0.05) is 12.1 Å². The van der Waals surface area contributed by atoms with E-state index in [4.69, 9.17) is 4.74 Å². The number of hydrogen-bond donors (Lipinski definition) is 2. The third kappa shape index (κ3) is 4.67. The van der Waals surface area contributed by atoms with Gasteiger partial charge < -0.3 is 15.2 Å². The fourth-order valence-electron chi connectivity index (χ4n) is 3.20. The summed E-state index contributed by atoms with van der Waals surface area (Å²) in [5.41, 5.74) is 4.59. The minimum atomic E-state index is -0.882. The van der Waals surface area contributed by atoms with E-state index in [0.29, 0.717) is 11.3 Å². The van der Waals surface area contributed by atoms with Crippen molar-refractivity contribution in [2.75, 3.05) is 19.0 Å². The molecule has 0 aliphatic carbocycles. The van der Waals surface area contributed by atoms with Crippen molar-refractivity contribution in [3.8, 4) is 16.9 Å². The Morgan fingerprint density at radius 1 is 0.963 bits per heavy atom. The van der Waals surface area contributed by atoms with E-state index in [9.17, 15) is 9.90 Å². The molecule has 0 amide bonds. The van der Waals surface area contributed by atoms with Crippen molar-refractivity contribution in [1.82, 2.24) is 0 Å². The number of rotatable bonds is 8. The third-order valence-corrected chi connectivity index (χ3v) is 4.45. The predicted molar refractivity (Wildman–Crippen MR) is 108 cm³/mol. The number of carbonyl (C=O) groups is 1. The maximum Gasteiger partial charge on any atom is 0.307 e. The molecule has 3 aromatic carbocycles. The third-order valence-electron chi connectivity index (χ3n) is 4.45. The van der Waals surface area contributed by atoms with Crippen molar-refractivity contribution in [2.45, 2.75) is 12.8 Å². The highest BCUT2D eigenvalue weighted by atomic mass is 16.5. The van der Waals surface area contributed by atoms with Crippen LogP contribution in [-0.2, 0) is 17.6 Å². The molecule has 138 valence electrons. The molecule has 0 radical (unpaired) electrons. The summed E-state index contributed by atoms with van der Waals surface area (Å²) >= 11 is 0. The van der Waals surface area contributed by atoms with Crippen molar-refractivity contribution < 1.29 is 14.6 Å². The lowest BCUT2D eigenvalue weighted by molar-refractivity contribution is -0.136. The van der Waals surface area contributed by atoms with Crippen LogP contribution < -0.4 is 10.1 Å². The summed E-state index contributed by atoms with van der Waals surface area (Å²) in [7, 11) is 1.58. The van der Waals surface area contributed by atoms with Gasteiger partial charge in [-0.05, 0) is 29.2 Å². The van der Waals surface area contributed by atoms with Gasteiger partial charge in [-0.1, -0.05) is 66.7 Å². The molecule has 0 aliphatic rings. The van der Waals surface area contributed by atoms with Crippen LogP contribution in [0, 0.1) is 0 Å². The Morgan fingerprint density at radius 3 is 2.26 bits per heavy atom. The molecule has 3 aromatic rings. The SMILES string of the molecule is COc1c(NCCc2ccccc2)ccc(-c2ccccc2)c1CC(=O)O. The molecule has 2 N–H and O–H groups in total. The van der Waals surface area contributed by atoms with Gasteiger partial charge in [0.1, 0.15) is 5.75 Å². The van der Waals surface area contributed by atoms with Crippen LogP contribution >= 0.6 is 0 Å². The summed E-state index contributed by atoms with van der Waals surface area (Å²) in [4.78, 5) is 11.5. The van der Waals surface area contributed by atoms with Crippen molar-refractivity contribution in [3.05, 3.63) is 83.9 Å². The van der Waals surface area contributed by atoms with Gasteiger partial charge >= 0.3 is 5.97 Å². The zero-order valence-electron chi connectivity index (χ0n) is 15.3. The Labute approximate surface area is 159 Å². The van der Waals surface area contributed by atoms with Gasteiger partial charge in [-0.15, -0.1) is 0 Å². The molecule has 0 unspecified atom stereocenters. The zero-order chi connectivity index (χ0) is 19.1. The smallest absolute Gasteiger partial charge is 0.307 e. The predicted octanol–water partition coefficient (Wildman–Crippen LogP) is 4.64. The highest BCUT2D eigenvalue weighted by Gasteiger charge is 2.18. The number of benzene rings is 3. The van der Waals surface area contributed by atoms with E-state index in [2.05, 4.69) is 17.4 Å². The second-order valence-corrected chi connectivity index (χ2v) is 6.27. The van der Waals surface area contributed by atoms with Gasteiger partial charge in [-0.3, -0.25) is 4.79 Å². The lowest BCUT2D eigenvalue weighted by atomic mass is 9.95. The minimum Gasteiger partial charge on any atom is -0.494 e. The molecule has 4 heteroatoms. The number of carboxylic acid groups (broad SMARTS) is 1. The maximum absolute atomic E-state index is 11.5. The summed E-state index contributed by atoms with van der Waals surface area (Å²) in [6.07, 6.45) is 0.778. The monoisotopic (exact) mass is 361 g/mol. The molecule has 0 atom stereocenters. The first kappa shape index (κ1) is 18.5. The van der Waals surface area contributed by atoms with Crippen LogP contribution in [0.3, 0.4) is 0 Å². The molecule has 0 fully saturated rings. The van der Waals surface area contributed by atoms with Gasteiger partial charge in [-0.25, -0.2) is 0 Å². The Morgan fingerprint density at radius 2 is 1.63 bits per heavy atom. The van der Waals surface area contributed by atoms with Crippen LogP contribution in [0.15, 0.2) is 72.8 Å². The number of hydrogen-bond acceptors (Lipinski definition) is 3. The molecule has 27 heavy (non-hydrogen) atoms. The number of anilines is 1. The minimum absolute atomic E-state index is 0.0956. The number of aliphatic carboxylic acids is 1. The van der Waals surface area contributed by atoms with E-state index < -0.39 is 5.97 Å². The molecule has 0 aliphatic heterocycles. The average Bonchev–Trinajstić information content (AvgIpc) is 2.69. The molecule has 0 saturated carbocycles. The first-order valence-corrected chi connectivity index (χ1v) is 8.94. The van der Waals surface area contributed by atoms with Crippen LogP contribution in [0.1, 0.15) is 11.1 Å². The first-order chi connectivity index (χ1) is 13.2. The lowest BCUT2D eigenvalue weighted by Crippen LogP contribution is -2.10. The number of methoxy groups -OCH3 is 1. The second kappa shape index (κ2) is 8.90. The summed E-state index contributed by atoms with van der Waals surface area (Å²) in [5, 5.41) is 12.8. The van der Waals surface area contributed by atoms with Gasteiger partial charge in [0.15, 0.2) is 0 Å². The summed E-state index contributed by atoms with van der Waals surface area (Å²) in [6.45, 7) is 0.734. The molecular formula is C23H23NO3. The lowest BCUT2D eigenvalue weighted by Gasteiger charge is -2.18. The average molecular weight is 361 g/mol. The van der Waals surface area contributed by atoms with Crippen LogP contribution in [0.4, 0.5) is 5.69 Å². The molecule has 0 bridgehead atoms. The van der Waals surface area contributed by atoms with Crippen molar-refractivity contribution >= 4 is 11.7 Å². The van der Waals surface area contributed by atoms with Gasteiger partial charge in [0.2, 0.25) is 0 Å². The molecule has 0 saturated heterocycles. The van der Waals surface area contributed by atoms with E-state index in [1.165, 1.54) is 5.56 Å². The molecule has 0 heterocycles. The Kier molecular flexibility index (Phi) is 6.10. The molecule has 0 spiro atoms. The van der Waals surface area contributed by atoms with Gasteiger partial charge in [0.05, 0.1) is 19.2 Å². The van der Waals surface area contributed by atoms with Crippen molar-refractivity contribution in [1.29, 1.82) is 0 Å². The highest BCUT2D eigenvalue weighted by molar-refractivity contribution is 5.82. The summed E-state index contributed by atoms with van der Waals surface area (Å²) in [5.74, 6) is -0.293. The first-order valence-electron chi connectivity index (χ1n) is 8.94. The fraction of sp³-hybridized carbons (Fsp3) is 0.174. The van der Waals surface area contributed by atoms with Crippen LogP contribution in [0.25, 0.3) is 11.1 Å². The second-order valence-electron chi connectivity index (χ2n) is 6.27. The fourth-order valence-corrected chi connectivity index (χ4v) is 3.20. The number of ether oxygens (including phenoxy) is 1. The normalized spacial score (nSPS) is 10.4. The quantitative estimate of drug-likeness (QED) is 0.613. The molecular weight excluding hydrogens is 338 g/mol. The topological polar surface area (TPSA) is 58.6 Å². The Bertz CT molecular complexity index is 892. The van der Waals surface area contributed by atoms with E-state index in [-0.39, 0.29) is 6.42 Å². The van der Waals surface area contributed by atoms with Crippen LogP contribution in [0.2, 0.25) is 0 Å². The van der Waals surface area contributed by atoms with E-state index in [1.54, 1.807) is 7.11 Å². The van der Waals surface area contributed by atoms with Crippen molar-refractivity contribution in [2.24, 2.45) is 0 Å². The largest absolute Gasteiger partial charge is 0.494 e. The van der Waals surface area contributed by atoms with Crippen LogP contribution in [0.5, 0.6) is 5.75 Å². The van der Waals surface area contributed by atoms with Gasteiger partial charge in [-0.2, -0.15) is 0 Å². The standard InChI is InChI=1S/C23H23NO3/c1-27-23-20(16-22(25)26)19(18-10-6-3-7-11-18)12-13-21(23)24-15-14-17-8-4-2-5-9-17/h2-13,24H,14-16H2,1H3,(H,25,26). The Hall–Kier alpha value is -3.27.